The second kappa shape index (κ2) is 9.82. The van der Waals surface area contributed by atoms with Crippen LogP contribution < -0.4 is 14.4 Å². The third-order valence-electron chi connectivity index (χ3n) is 5.19. The van der Waals surface area contributed by atoms with E-state index in [0.717, 1.165) is 29.9 Å². The summed E-state index contributed by atoms with van der Waals surface area (Å²) in [6.45, 7) is 4.38. The first-order chi connectivity index (χ1) is 15.1. The number of benzene rings is 2. The Kier molecular flexibility index (Phi) is 6.92. The monoisotopic (exact) mass is 461 g/mol. The SMILES string of the molecule is COc1ccc(C(=O)N(CCN2CCOCC2)c2nc3ccc(Cl)cc3s2)cc1OC. The van der Waals surface area contributed by atoms with Crippen LogP contribution in [0.15, 0.2) is 36.4 Å². The molecule has 2 aromatic carbocycles. The van der Waals surface area contributed by atoms with Gasteiger partial charge >= 0.3 is 0 Å². The van der Waals surface area contributed by atoms with Crippen molar-refractivity contribution in [3.05, 3.63) is 47.0 Å². The summed E-state index contributed by atoms with van der Waals surface area (Å²) in [7, 11) is 3.12. The Morgan fingerprint density at radius 2 is 1.94 bits per heavy atom. The summed E-state index contributed by atoms with van der Waals surface area (Å²) >= 11 is 7.60. The van der Waals surface area contributed by atoms with Crippen LogP contribution in [0.3, 0.4) is 0 Å². The second-order valence-corrected chi connectivity index (χ2v) is 8.53. The molecule has 1 aliphatic heterocycles. The predicted octanol–water partition coefficient (Wildman–Crippen LogP) is 3.95. The fourth-order valence-corrected chi connectivity index (χ4v) is 4.74. The maximum atomic E-state index is 13.6. The van der Waals surface area contributed by atoms with Gasteiger partial charge in [0.05, 0.1) is 37.6 Å². The molecule has 0 spiro atoms. The topological polar surface area (TPSA) is 64.1 Å². The largest absolute Gasteiger partial charge is 0.493 e. The first-order valence-electron chi connectivity index (χ1n) is 9.99. The molecule has 1 aromatic heterocycles. The zero-order valence-corrected chi connectivity index (χ0v) is 19.0. The van der Waals surface area contributed by atoms with Crippen molar-refractivity contribution in [2.75, 3.05) is 58.5 Å². The standard InChI is InChI=1S/C22H24ClN3O4S/c1-28-18-6-3-15(13-19(18)29-2)21(27)26(8-7-25-9-11-30-12-10-25)22-24-17-5-4-16(23)14-20(17)31-22/h3-6,13-14H,7-12H2,1-2H3. The van der Waals surface area contributed by atoms with Crippen LogP contribution in [-0.4, -0.2) is 69.4 Å². The Morgan fingerprint density at radius 3 is 2.68 bits per heavy atom. The highest BCUT2D eigenvalue weighted by molar-refractivity contribution is 7.22. The number of nitrogens with zero attached hydrogens (tertiary/aromatic N) is 3. The first kappa shape index (κ1) is 21.8. The molecule has 9 heteroatoms. The minimum Gasteiger partial charge on any atom is -0.493 e. The van der Waals surface area contributed by atoms with Gasteiger partial charge in [-0.15, -0.1) is 0 Å². The molecule has 3 aromatic rings. The van der Waals surface area contributed by atoms with E-state index in [-0.39, 0.29) is 5.91 Å². The molecule has 0 atom stereocenters. The fourth-order valence-electron chi connectivity index (χ4n) is 3.48. The number of methoxy groups -OCH3 is 2. The van der Waals surface area contributed by atoms with Crippen molar-refractivity contribution in [3.8, 4) is 11.5 Å². The number of fused-ring (bicyclic) bond motifs is 1. The summed E-state index contributed by atoms with van der Waals surface area (Å²) in [5, 5.41) is 1.29. The molecular formula is C22H24ClN3O4S. The lowest BCUT2D eigenvalue weighted by molar-refractivity contribution is 0.0391. The Balaban J connectivity index is 1.65. The quantitative estimate of drug-likeness (QED) is 0.531. The number of thiazole rings is 1. The molecular weight excluding hydrogens is 438 g/mol. The van der Waals surface area contributed by atoms with Gasteiger partial charge in [0.25, 0.3) is 5.91 Å². The van der Waals surface area contributed by atoms with Crippen molar-refractivity contribution in [2.45, 2.75) is 0 Å². The average molecular weight is 462 g/mol. The highest BCUT2D eigenvalue weighted by Crippen LogP contribution is 2.33. The van der Waals surface area contributed by atoms with Gasteiger partial charge in [0.2, 0.25) is 0 Å². The van der Waals surface area contributed by atoms with Crippen LogP contribution in [0.1, 0.15) is 10.4 Å². The predicted molar refractivity (Wildman–Crippen MR) is 123 cm³/mol. The van der Waals surface area contributed by atoms with Crippen LogP contribution >= 0.6 is 22.9 Å². The van der Waals surface area contributed by atoms with E-state index >= 15 is 0 Å². The summed E-state index contributed by atoms with van der Waals surface area (Å²) in [6, 6.07) is 10.7. The molecule has 1 amide bonds. The summed E-state index contributed by atoms with van der Waals surface area (Å²) < 4.78 is 17.1. The number of rotatable bonds is 7. The lowest BCUT2D eigenvalue weighted by atomic mass is 10.1. The van der Waals surface area contributed by atoms with Crippen molar-refractivity contribution < 1.29 is 19.0 Å². The normalized spacial score (nSPS) is 14.5. The van der Waals surface area contributed by atoms with E-state index in [0.29, 0.717) is 47.0 Å². The molecule has 1 saturated heterocycles. The Hall–Kier alpha value is -2.39. The Labute approximate surface area is 190 Å². The minimum absolute atomic E-state index is 0.139. The second-order valence-electron chi connectivity index (χ2n) is 7.09. The molecule has 0 aliphatic carbocycles. The van der Waals surface area contributed by atoms with Gasteiger partial charge in [-0.3, -0.25) is 14.6 Å². The van der Waals surface area contributed by atoms with Gasteiger partial charge < -0.3 is 14.2 Å². The number of ether oxygens (including phenoxy) is 3. The van der Waals surface area contributed by atoms with Gasteiger partial charge in [-0.1, -0.05) is 22.9 Å². The number of halogens is 1. The Bertz CT molecular complexity index is 1070. The number of anilines is 1. The number of morpholine rings is 1. The summed E-state index contributed by atoms with van der Waals surface area (Å²) in [5.41, 5.74) is 1.33. The van der Waals surface area contributed by atoms with Crippen molar-refractivity contribution >= 4 is 44.2 Å². The smallest absolute Gasteiger partial charge is 0.260 e. The maximum absolute atomic E-state index is 13.6. The first-order valence-corrected chi connectivity index (χ1v) is 11.2. The van der Waals surface area contributed by atoms with Crippen LogP contribution in [-0.2, 0) is 4.74 Å². The highest BCUT2D eigenvalue weighted by atomic mass is 35.5. The third kappa shape index (κ3) is 4.93. The number of amides is 1. The summed E-state index contributed by atoms with van der Waals surface area (Å²) in [6.07, 6.45) is 0. The van der Waals surface area contributed by atoms with Crippen LogP contribution in [0.5, 0.6) is 11.5 Å². The minimum atomic E-state index is -0.139. The number of carbonyl (C=O) groups excluding carboxylic acids is 1. The van der Waals surface area contributed by atoms with Crippen LogP contribution in [0.4, 0.5) is 5.13 Å². The van der Waals surface area contributed by atoms with E-state index in [1.165, 1.54) is 11.3 Å². The molecule has 1 fully saturated rings. The number of hydrogen-bond donors (Lipinski definition) is 0. The number of hydrogen-bond acceptors (Lipinski definition) is 7. The Morgan fingerprint density at radius 1 is 1.16 bits per heavy atom. The van der Waals surface area contributed by atoms with E-state index in [2.05, 4.69) is 4.90 Å². The molecule has 4 rings (SSSR count). The van der Waals surface area contributed by atoms with Crippen LogP contribution in [0, 0.1) is 0 Å². The van der Waals surface area contributed by atoms with Gasteiger partial charge in [0.15, 0.2) is 16.6 Å². The van der Waals surface area contributed by atoms with Crippen molar-refractivity contribution in [1.82, 2.24) is 9.88 Å². The van der Waals surface area contributed by atoms with E-state index in [1.807, 2.05) is 18.2 Å². The van der Waals surface area contributed by atoms with Crippen molar-refractivity contribution in [3.63, 3.8) is 0 Å². The lowest BCUT2D eigenvalue weighted by Gasteiger charge is -2.29. The molecule has 0 N–H and O–H groups in total. The van der Waals surface area contributed by atoms with Gasteiger partial charge in [-0.2, -0.15) is 0 Å². The zero-order chi connectivity index (χ0) is 21.8. The van der Waals surface area contributed by atoms with Crippen LogP contribution in [0.25, 0.3) is 10.2 Å². The average Bonchev–Trinajstić information content (AvgIpc) is 3.22. The van der Waals surface area contributed by atoms with Crippen LogP contribution in [0.2, 0.25) is 5.02 Å². The molecule has 0 bridgehead atoms. The lowest BCUT2D eigenvalue weighted by Crippen LogP contribution is -2.43. The van der Waals surface area contributed by atoms with Gasteiger partial charge in [0.1, 0.15) is 0 Å². The van der Waals surface area contributed by atoms with Gasteiger partial charge in [-0.25, -0.2) is 4.98 Å². The molecule has 1 aliphatic rings. The molecule has 7 nitrogen and oxygen atoms in total. The van der Waals surface area contributed by atoms with Gasteiger partial charge in [-0.05, 0) is 36.4 Å². The van der Waals surface area contributed by atoms with Crippen molar-refractivity contribution in [2.24, 2.45) is 0 Å². The number of aromatic nitrogens is 1. The summed E-state index contributed by atoms with van der Waals surface area (Å²) in [5.74, 6) is 0.950. The molecule has 31 heavy (non-hydrogen) atoms. The summed E-state index contributed by atoms with van der Waals surface area (Å²) in [4.78, 5) is 22.3. The molecule has 0 saturated carbocycles. The van der Waals surface area contributed by atoms with E-state index in [4.69, 9.17) is 30.8 Å². The van der Waals surface area contributed by atoms with E-state index < -0.39 is 0 Å². The molecule has 0 unspecified atom stereocenters. The van der Waals surface area contributed by atoms with E-state index in [1.54, 1.807) is 37.3 Å². The molecule has 164 valence electrons. The maximum Gasteiger partial charge on any atom is 0.260 e. The van der Waals surface area contributed by atoms with Crippen molar-refractivity contribution in [1.29, 1.82) is 0 Å². The highest BCUT2D eigenvalue weighted by Gasteiger charge is 2.24. The third-order valence-corrected chi connectivity index (χ3v) is 6.47. The van der Waals surface area contributed by atoms with Gasteiger partial charge in [0, 0.05) is 36.8 Å². The van der Waals surface area contributed by atoms with E-state index in [9.17, 15) is 4.79 Å². The molecule has 2 heterocycles. The number of carbonyl (C=O) groups is 1. The zero-order valence-electron chi connectivity index (χ0n) is 17.5. The fraction of sp³-hybridized carbons (Fsp3) is 0.364. The molecule has 0 radical (unpaired) electrons.